The number of anilines is 1. The molecule has 72 heavy (non-hydrogen) atoms. The average molecular weight is 1000 g/mol. The van der Waals surface area contributed by atoms with Gasteiger partial charge < -0.3 is 55.5 Å². The number of aromatic hydroxyl groups is 3. The number of nitrogens with zero attached hydrogens (tertiary/aromatic N) is 5. The summed E-state index contributed by atoms with van der Waals surface area (Å²) in [6.07, 6.45) is 14.0. The molecule has 390 valence electrons. The number of rotatable bonds is 6. The molecule has 1 aliphatic carbocycles. The van der Waals surface area contributed by atoms with Crippen molar-refractivity contribution in [3.63, 3.8) is 0 Å². The molecule has 2 fully saturated rings. The van der Waals surface area contributed by atoms with Gasteiger partial charge in [0.25, 0.3) is 17.6 Å². The summed E-state index contributed by atoms with van der Waals surface area (Å²) in [6.45, 7) is 15.4. The molecule has 20 nitrogen and oxygen atoms in total. The topological polar surface area (TPSA) is 289 Å². The summed E-state index contributed by atoms with van der Waals surface area (Å²) in [5.74, 6) is -8.83. The molecule has 2 aromatic carbocycles. The zero-order chi connectivity index (χ0) is 52.8. The van der Waals surface area contributed by atoms with Gasteiger partial charge >= 0.3 is 11.8 Å². The summed E-state index contributed by atoms with van der Waals surface area (Å²) in [7, 11) is 1.44. The third-order valence-electron chi connectivity index (χ3n) is 14.3. The number of Topliss-reactive ketones (excluding diaryl/α,β-unsaturated/α-hetero) is 1. The second-order valence-corrected chi connectivity index (χ2v) is 19.2. The normalized spacial score (nSPS) is 29.4. The first-order valence-electron chi connectivity index (χ1n) is 24.3. The lowest BCUT2D eigenvalue weighted by Crippen LogP contribution is -2.47. The molecule has 8 N–H and O–H groups in total. The fourth-order valence-corrected chi connectivity index (χ4v) is 9.90. The van der Waals surface area contributed by atoms with Gasteiger partial charge in [0.15, 0.2) is 5.75 Å². The van der Waals surface area contributed by atoms with Crippen LogP contribution >= 0.6 is 0 Å². The molecule has 8 rings (SSSR count). The molecular weight excluding hydrogens is 931 g/mol. The van der Waals surface area contributed by atoms with E-state index < -0.39 is 94.7 Å². The van der Waals surface area contributed by atoms with E-state index in [0.717, 1.165) is 13.1 Å². The van der Waals surface area contributed by atoms with Crippen molar-refractivity contribution < 1.29 is 63.7 Å². The monoisotopic (exact) mass is 999 g/mol. The lowest BCUT2D eigenvalue weighted by molar-refractivity contribution is -0.160. The van der Waals surface area contributed by atoms with Gasteiger partial charge in [-0.1, -0.05) is 58.8 Å². The van der Waals surface area contributed by atoms with Gasteiger partial charge in [0, 0.05) is 106 Å². The first-order chi connectivity index (χ1) is 34.1. The van der Waals surface area contributed by atoms with Crippen molar-refractivity contribution in [2.45, 2.75) is 117 Å². The number of nitrogens with one attached hydrogen (secondary N) is 1. The van der Waals surface area contributed by atoms with E-state index in [2.05, 4.69) is 25.3 Å². The largest absolute Gasteiger partial charge is 0.507 e. The number of fused-ring (bicyclic) bond motifs is 14. The molecule has 0 radical (unpaired) electrons. The summed E-state index contributed by atoms with van der Waals surface area (Å²) < 4.78 is 23.7. The minimum absolute atomic E-state index is 0.0631. The number of hydrogen-bond donors (Lipinski definition) is 7. The van der Waals surface area contributed by atoms with Crippen LogP contribution in [0.15, 0.2) is 59.8 Å². The van der Waals surface area contributed by atoms with Crippen LogP contribution in [-0.4, -0.2) is 145 Å². The quantitative estimate of drug-likeness (QED) is 0.0721. The summed E-state index contributed by atoms with van der Waals surface area (Å²) >= 11 is 0. The molecule has 2 amide bonds. The molecule has 1 saturated heterocycles. The van der Waals surface area contributed by atoms with Crippen molar-refractivity contribution in [2.75, 3.05) is 38.6 Å². The molecule has 20 heteroatoms. The number of allylic oxidation sites excluding steroid dienone is 2. The van der Waals surface area contributed by atoms with Gasteiger partial charge in [-0.25, -0.2) is 4.98 Å². The summed E-state index contributed by atoms with van der Waals surface area (Å²) in [5, 5.41) is 67.6. The average Bonchev–Trinajstić information content (AvgIpc) is 4.00. The van der Waals surface area contributed by atoms with Crippen LogP contribution in [-0.2, 0) is 23.8 Å². The van der Waals surface area contributed by atoms with Crippen molar-refractivity contribution >= 4 is 46.2 Å². The maximum Gasteiger partial charge on any atom is 0.312 e. The first kappa shape index (κ1) is 54.7. The maximum atomic E-state index is 14.5. The smallest absolute Gasteiger partial charge is 0.312 e. The molecule has 5 bridgehead atoms. The molecule has 5 heterocycles. The van der Waals surface area contributed by atoms with E-state index in [1.165, 1.54) is 104 Å². The number of esters is 1. The van der Waals surface area contributed by atoms with Crippen LogP contribution in [0, 0.1) is 30.6 Å². The standard InChI is InChI=1S/C47H64N4O12.C5H5N3O/c1-24-13-12-14-25(2)46(59)49-37-32(23-48-51-20-18-50(19-21-51)31-15-10-11-16-31)41(56)34-35(42(37)57)40(55)29(6)44-36(34)45(58)47(8,63-44)61-22-17-33(60-9)26(3)43(62-30(7)52)28(5)39(54)27(4)38(24)53;6-5(9)4-3-7-1-2-8-4/h12-14,17,22-24,26-28,31,33,38-39,43,53-57H,10-11,15-16,18-21H2,1-9H3,(H,49,59);1-3H,(H2,6,9)/b13-12+,22-17+,25-14-,48-23-;/t24-,26-,27-,28-,33+,38+,39+,43-,47+;/m1./s1. The van der Waals surface area contributed by atoms with Gasteiger partial charge in [-0.15, -0.1) is 0 Å². The van der Waals surface area contributed by atoms with E-state index >= 15 is 0 Å². The molecule has 9 atom stereocenters. The summed E-state index contributed by atoms with van der Waals surface area (Å²) in [5.41, 5.74) is 4.77. The van der Waals surface area contributed by atoms with Gasteiger partial charge in [-0.05, 0) is 32.8 Å². The Bertz CT molecular complexity index is 2610. The van der Waals surface area contributed by atoms with Gasteiger partial charge in [-0.3, -0.25) is 34.1 Å². The number of carbonyl (C=O) groups excluding carboxylic acids is 4. The lowest BCUT2D eigenvalue weighted by atomic mass is 9.78. The molecule has 0 unspecified atom stereocenters. The number of piperazine rings is 1. The second-order valence-electron chi connectivity index (χ2n) is 19.2. The third kappa shape index (κ3) is 11.7. The predicted molar refractivity (Wildman–Crippen MR) is 267 cm³/mol. The highest BCUT2D eigenvalue weighted by Crippen LogP contribution is 2.55. The van der Waals surface area contributed by atoms with E-state index in [1.807, 2.05) is 5.01 Å². The zero-order valence-corrected chi connectivity index (χ0v) is 42.4. The third-order valence-corrected chi connectivity index (χ3v) is 14.3. The number of aromatic nitrogens is 2. The van der Waals surface area contributed by atoms with Gasteiger partial charge in [0.1, 0.15) is 29.0 Å². The number of methoxy groups -OCH3 is 1. The van der Waals surface area contributed by atoms with Crippen LogP contribution in [0.5, 0.6) is 23.0 Å². The number of hydrogen-bond acceptors (Lipinski definition) is 18. The molecule has 5 aliphatic rings. The molecule has 1 aromatic heterocycles. The number of aliphatic hydroxyl groups excluding tert-OH is 2. The number of carbonyl (C=O) groups is 4. The Morgan fingerprint density at radius 3 is 2.21 bits per heavy atom. The van der Waals surface area contributed by atoms with Gasteiger partial charge in [-0.2, -0.15) is 5.10 Å². The van der Waals surface area contributed by atoms with Crippen LogP contribution in [0.4, 0.5) is 5.69 Å². The summed E-state index contributed by atoms with van der Waals surface area (Å²) in [6, 6.07) is 0.553. The molecular formula is C52H69N7O13. The first-order valence-corrected chi connectivity index (χ1v) is 24.3. The maximum absolute atomic E-state index is 14.5. The van der Waals surface area contributed by atoms with Gasteiger partial charge in [0.2, 0.25) is 0 Å². The van der Waals surface area contributed by atoms with Gasteiger partial charge in [0.05, 0.1) is 59.2 Å². The van der Waals surface area contributed by atoms with Crippen LogP contribution in [0.1, 0.15) is 106 Å². The van der Waals surface area contributed by atoms with Crippen LogP contribution < -0.4 is 15.8 Å². The fraction of sp³-hybridized carbons (Fsp3) is 0.519. The molecule has 1 saturated carbocycles. The Morgan fingerprint density at radius 1 is 0.931 bits per heavy atom. The number of ketones is 1. The summed E-state index contributed by atoms with van der Waals surface area (Å²) in [4.78, 5) is 60.8. The van der Waals surface area contributed by atoms with Crippen molar-refractivity contribution in [1.29, 1.82) is 0 Å². The Hall–Kier alpha value is -6.61. The number of phenolic OH excluding ortho intramolecular Hbond substituents is 3. The molecule has 3 aromatic rings. The lowest BCUT2D eigenvalue weighted by Gasteiger charge is -2.38. The minimum Gasteiger partial charge on any atom is -0.507 e. The molecule has 4 aliphatic heterocycles. The van der Waals surface area contributed by atoms with E-state index in [9.17, 15) is 44.7 Å². The number of hydrazone groups is 1. The van der Waals surface area contributed by atoms with Crippen molar-refractivity contribution in [3.8, 4) is 23.0 Å². The van der Waals surface area contributed by atoms with Crippen LogP contribution in [0.3, 0.4) is 0 Å². The molecule has 0 spiro atoms. The van der Waals surface area contributed by atoms with E-state index in [0.29, 0.717) is 19.1 Å². The Labute approximate surface area is 419 Å². The number of aliphatic hydroxyl groups is 2. The number of ether oxygens (including phenoxy) is 4. The number of amides is 2. The highest BCUT2D eigenvalue weighted by atomic mass is 16.7. The van der Waals surface area contributed by atoms with E-state index in [1.54, 1.807) is 39.8 Å². The Morgan fingerprint density at radius 2 is 1.61 bits per heavy atom. The highest BCUT2D eigenvalue weighted by molar-refractivity contribution is 6.23. The van der Waals surface area contributed by atoms with Crippen LogP contribution in [0.2, 0.25) is 0 Å². The van der Waals surface area contributed by atoms with Crippen LogP contribution in [0.25, 0.3) is 10.8 Å². The van der Waals surface area contributed by atoms with Crippen molar-refractivity contribution in [2.24, 2.45) is 34.5 Å². The van der Waals surface area contributed by atoms with Crippen molar-refractivity contribution in [1.82, 2.24) is 19.9 Å². The highest BCUT2D eigenvalue weighted by Gasteiger charge is 2.50. The number of primary amides is 1. The number of phenols is 3. The fourth-order valence-electron chi connectivity index (χ4n) is 9.90. The number of nitrogens with two attached hydrogens (primary N) is 1. The Balaban J connectivity index is 0.000000847. The van der Waals surface area contributed by atoms with Crippen molar-refractivity contribution in [3.05, 3.63) is 77.1 Å². The minimum atomic E-state index is -2.04. The predicted octanol–water partition coefficient (Wildman–Crippen LogP) is 5.22. The second kappa shape index (κ2) is 23.3. The Kier molecular flexibility index (Phi) is 17.7. The zero-order valence-electron chi connectivity index (χ0n) is 42.4. The van der Waals surface area contributed by atoms with E-state index in [4.69, 9.17) is 24.7 Å². The number of benzene rings is 2. The SMILES string of the molecule is CO[C@H]1/C=C/O[C@@]2(C)Oc3c(C)c(O)c4c(O)c(c(/C=N\N5CCN(C6CCCC6)CC5)c(O)c4c3C2=O)NC(=O)/C(C)=C\C=C\[C@@H](C)[C@H](O)[C@@H](C)[C@H](O)[C@@H](C)[C@H](OC(C)=O)[C@@H]1C.NC(=O)c1cnccn1. The van der Waals surface area contributed by atoms with E-state index in [-0.39, 0.29) is 50.2 Å².